The molecule has 170 valence electrons. The van der Waals surface area contributed by atoms with Gasteiger partial charge in [0.1, 0.15) is 0 Å². The molecule has 0 bridgehead atoms. The van der Waals surface area contributed by atoms with Crippen molar-refractivity contribution in [2.75, 3.05) is 19.6 Å². The topological polar surface area (TPSA) is 62.3 Å². The molecular formula is C26H27N3O2S2. The molecule has 0 aliphatic carbocycles. The van der Waals surface area contributed by atoms with E-state index in [9.17, 15) is 9.59 Å². The Bertz CT molecular complexity index is 1200. The second-order valence-electron chi connectivity index (χ2n) is 8.66. The van der Waals surface area contributed by atoms with Gasteiger partial charge in [-0.25, -0.2) is 0 Å². The van der Waals surface area contributed by atoms with Gasteiger partial charge in [-0.05, 0) is 60.2 Å². The standard InChI is InChI=1S/C26H27N3O2S2/c30-25(22-15-20-8-12-27-17-24(20)33-22)28-11-4-3-5-18-9-13-29(14-10-18)26(31)23-16-19-6-1-2-7-21(19)32-23/h1-2,6-8,12,15-18H,3-5,9-11,13-14H2,(H,28,30). The lowest BCUT2D eigenvalue weighted by atomic mass is 9.91. The Morgan fingerprint density at radius 2 is 1.73 bits per heavy atom. The molecule has 1 fully saturated rings. The molecule has 1 aromatic carbocycles. The van der Waals surface area contributed by atoms with Crippen LogP contribution in [0.3, 0.4) is 0 Å². The zero-order valence-corrected chi connectivity index (χ0v) is 20.1. The molecule has 33 heavy (non-hydrogen) atoms. The smallest absolute Gasteiger partial charge is 0.263 e. The van der Waals surface area contributed by atoms with Crippen molar-refractivity contribution in [1.82, 2.24) is 15.2 Å². The molecule has 0 unspecified atom stereocenters. The molecular weight excluding hydrogens is 450 g/mol. The molecule has 5 nitrogen and oxygen atoms in total. The molecule has 0 spiro atoms. The summed E-state index contributed by atoms with van der Waals surface area (Å²) in [5.74, 6) is 0.848. The van der Waals surface area contributed by atoms with Gasteiger partial charge in [0.15, 0.2) is 0 Å². The summed E-state index contributed by atoms with van der Waals surface area (Å²) < 4.78 is 2.21. The minimum Gasteiger partial charge on any atom is -0.351 e. The van der Waals surface area contributed by atoms with Gasteiger partial charge in [-0.1, -0.05) is 31.0 Å². The van der Waals surface area contributed by atoms with Gasteiger partial charge in [0.2, 0.25) is 0 Å². The Labute approximate surface area is 201 Å². The highest BCUT2D eigenvalue weighted by atomic mass is 32.1. The number of piperidine rings is 1. The maximum atomic E-state index is 12.9. The average molecular weight is 478 g/mol. The zero-order valence-electron chi connectivity index (χ0n) is 18.5. The minimum atomic E-state index is 0.00394. The maximum absolute atomic E-state index is 12.9. The largest absolute Gasteiger partial charge is 0.351 e. The molecule has 0 radical (unpaired) electrons. The fraction of sp³-hybridized carbons (Fsp3) is 0.346. The van der Waals surface area contributed by atoms with E-state index in [0.29, 0.717) is 12.5 Å². The van der Waals surface area contributed by atoms with E-state index in [1.807, 2.05) is 35.2 Å². The van der Waals surface area contributed by atoms with E-state index in [0.717, 1.165) is 70.4 Å². The van der Waals surface area contributed by atoms with Gasteiger partial charge in [-0.15, -0.1) is 22.7 Å². The van der Waals surface area contributed by atoms with Crippen LogP contribution in [0, 0.1) is 5.92 Å². The normalized spacial score (nSPS) is 14.7. The van der Waals surface area contributed by atoms with Crippen molar-refractivity contribution < 1.29 is 9.59 Å². The van der Waals surface area contributed by atoms with Crippen LogP contribution in [0.15, 0.2) is 54.9 Å². The van der Waals surface area contributed by atoms with E-state index < -0.39 is 0 Å². The Hall–Kier alpha value is -2.77. The van der Waals surface area contributed by atoms with Crippen LogP contribution >= 0.6 is 22.7 Å². The van der Waals surface area contributed by atoms with Crippen molar-refractivity contribution in [2.45, 2.75) is 32.1 Å². The van der Waals surface area contributed by atoms with Crippen LogP contribution in [0.4, 0.5) is 0 Å². The number of hydrogen-bond acceptors (Lipinski definition) is 5. The number of unbranched alkanes of at least 4 members (excludes halogenated alkanes) is 1. The first-order valence-electron chi connectivity index (χ1n) is 11.6. The summed E-state index contributed by atoms with van der Waals surface area (Å²) in [4.78, 5) is 33.0. The molecule has 0 atom stereocenters. The van der Waals surface area contributed by atoms with Crippen molar-refractivity contribution in [3.63, 3.8) is 0 Å². The number of fused-ring (bicyclic) bond motifs is 2. The number of rotatable bonds is 7. The van der Waals surface area contributed by atoms with E-state index in [4.69, 9.17) is 0 Å². The first-order valence-corrected chi connectivity index (χ1v) is 13.2. The molecule has 2 amide bonds. The second kappa shape index (κ2) is 10.0. The predicted molar refractivity (Wildman–Crippen MR) is 136 cm³/mol. The summed E-state index contributed by atoms with van der Waals surface area (Å²) >= 11 is 3.08. The van der Waals surface area contributed by atoms with Crippen LogP contribution < -0.4 is 5.32 Å². The molecule has 7 heteroatoms. The molecule has 1 N–H and O–H groups in total. The lowest BCUT2D eigenvalue weighted by molar-refractivity contribution is 0.0691. The lowest BCUT2D eigenvalue weighted by Gasteiger charge is -2.31. The number of amides is 2. The van der Waals surface area contributed by atoms with Crippen molar-refractivity contribution in [3.05, 3.63) is 64.6 Å². The second-order valence-corrected chi connectivity index (χ2v) is 10.8. The van der Waals surface area contributed by atoms with Gasteiger partial charge in [0.25, 0.3) is 11.8 Å². The molecule has 0 saturated carbocycles. The van der Waals surface area contributed by atoms with Gasteiger partial charge >= 0.3 is 0 Å². The van der Waals surface area contributed by atoms with Crippen LogP contribution in [0.5, 0.6) is 0 Å². The minimum absolute atomic E-state index is 0.00394. The number of carbonyl (C=O) groups excluding carboxylic acids is 2. The van der Waals surface area contributed by atoms with Gasteiger partial charge in [-0.2, -0.15) is 0 Å². The van der Waals surface area contributed by atoms with E-state index in [1.54, 1.807) is 23.7 Å². The number of aromatic nitrogens is 1. The fourth-order valence-corrected chi connectivity index (χ4v) is 6.49. The summed E-state index contributed by atoms with van der Waals surface area (Å²) in [6.45, 7) is 2.39. The summed E-state index contributed by atoms with van der Waals surface area (Å²) in [5, 5.41) is 5.27. The van der Waals surface area contributed by atoms with Crippen LogP contribution in [-0.4, -0.2) is 41.3 Å². The number of pyridine rings is 1. The Morgan fingerprint density at radius 3 is 2.55 bits per heavy atom. The first-order chi connectivity index (χ1) is 16.2. The highest BCUT2D eigenvalue weighted by molar-refractivity contribution is 7.21. The Balaban J connectivity index is 1.01. The molecule has 1 aliphatic heterocycles. The first kappa shape index (κ1) is 22.0. The van der Waals surface area contributed by atoms with Crippen molar-refractivity contribution in [3.8, 4) is 0 Å². The van der Waals surface area contributed by atoms with Crippen LogP contribution in [-0.2, 0) is 0 Å². The zero-order chi connectivity index (χ0) is 22.6. The average Bonchev–Trinajstić information content (AvgIpc) is 3.48. The van der Waals surface area contributed by atoms with Crippen LogP contribution in [0.2, 0.25) is 0 Å². The third kappa shape index (κ3) is 5.09. The Morgan fingerprint density at radius 1 is 0.970 bits per heavy atom. The fourth-order valence-electron chi connectivity index (χ4n) is 4.51. The molecule has 1 saturated heterocycles. The highest BCUT2D eigenvalue weighted by Gasteiger charge is 2.24. The number of likely N-dealkylation sites (tertiary alicyclic amines) is 1. The van der Waals surface area contributed by atoms with Gasteiger partial charge in [0.05, 0.1) is 14.5 Å². The number of nitrogens with zero attached hydrogens (tertiary/aromatic N) is 2. The van der Waals surface area contributed by atoms with Gasteiger partial charge < -0.3 is 10.2 Å². The van der Waals surface area contributed by atoms with E-state index >= 15 is 0 Å². The van der Waals surface area contributed by atoms with Gasteiger partial charge in [0, 0.05) is 36.7 Å². The third-order valence-corrected chi connectivity index (χ3v) is 8.60. The number of thiophene rings is 2. The van der Waals surface area contributed by atoms with Crippen molar-refractivity contribution in [1.29, 1.82) is 0 Å². The number of hydrogen-bond donors (Lipinski definition) is 1. The third-order valence-electron chi connectivity index (χ3n) is 6.41. The highest BCUT2D eigenvalue weighted by Crippen LogP contribution is 2.29. The summed E-state index contributed by atoms with van der Waals surface area (Å²) in [6, 6.07) is 14.1. The van der Waals surface area contributed by atoms with Crippen LogP contribution in [0.1, 0.15) is 51.4 Å². The van der Waals surface area contributed by atoms with E-state index in [-0.39, 0.29) is 11.8 Å². The van der Waals surface area contributed by atoms with E-state index in [2.05, 4.69) is 22.4 Å². The quantitative estimate of drug-likeness (QED) is 0.334. The van der Waals surface area contributed by atoms with Gasteiger partial charge in [-0.3, -0.25) is 14.6 Å². The summed E-state index contributed by atoms with van der Waals surface area (Å²) in [7, 11) is 0. The molecule has 1 aliphatic rings. The summed E-state index contributed by atoms with van der Waals surface area (Å²) in [6.07, 6.45) is 8.94. The van der Waals surface area contributed by atoms with Crippen LogP contribution in [0.25, 0.3) is 20.2 Å². The molecule has 4 aromatic rings. The number of nitrogens with one attached hydrogen (secondary N) is 1. The van der Waals surface area contributed by atoms with E-state index in [1.165, 1.54) is 16.0 Å². The van der Waals surface area contributed by atoms with Crippen molar-refractivity contribution in [2.24, 2.45) is 5.92 Å². The summed E-state index contributed by atoms with van der Waals surface area (Å²) in [5.41, 5.74) is 0. The maximum Gasteiger partial charge on any atom is 0.263 e. The predicted octanol–water partition coefficient (Wildman–Crippen LogP) is 5.96. The number of carbonyl (C=O) groups is 2. The number of benzene rings is 1. The Kier molecular flexibility index (Phi) is 6.69. The SMILES string of the molecule is O=C(NCCCCC1CCN(C(=O)c2cc3ccccc3s2)CC1)c1cc2ccncc2s1. The monoisotopic (exact) mass is 477 g/mol. The molecule has 5 rings (SSSR count). The molecule has 4 heterocycles. The van der Waals surface area contributed by atoms with Crippen molar-refractivity contribution >= 4 is 54.7 Å². The lowest BCUT2D eigenvalue weighted by Crippen LogP contribution is -2.38. The molecule has 3 aromatic heterocycles.